The van der Waals surface area contributed by atoms with Crippen molar-refractivity contribution in [2.24, 2.45) is 0 Å². The summed E-state index contributed by atoms with van der Waals surface area (Å²) in [6, 6.07) is 13.1. The van der Waals surface area contributed by atoms with Gasteiger partial charge >= 0.3 is 0 Å². The number of nitro groups is 2. The molecule has 0 unspecified atom stereocenters. The molecule has 10 heteroatoms. The van der Waals surface area contributed by atoms with E-state index in [1.165, 1.54) is 12.1 Å². The van der Waals surface area contributed by atoms with Crippen LogP contribution in [0.15, 0.2) is 48.5 Å². The number of nitrogens with one attached hydrogen (secondary N) is 1. The third-order valence-electron chi connectivity index (χ3n) is 3.33. The summed E-state index contributed by atoms with van der Waals surface area (Å²) < 4.78 is 0. The van der Waals surface area contributed by atoms with Crippen molar-refractivity contribution in [1.29, 1.82) is 0 Å². The number of aromatic nitrogens is 2. The molecule has 126 valence electrons. The van der Waals surface area contributed by atoms with E-state index >= 15 is 0 Å². The van der Waals surface area contributed by atoms with Gasteiger partial charge in [0.15, 0.2) is 5.01 Å². The average Bonchev–Trinajstić information content (AvgIpc) is 3.09. The smallest absolute Gasteiger partial charge is 0.286 e. The van der Waals surface area contributed by atoms with E-state index in [4.69, 9.17) is 0 Å². The van der Waals surface area contributed by atoms with Crippen LogP contribution in [0.2, 0.25) is 0 Å². The van der Waals surface area contributed by atoms with Gasteiger partial charge in [-0.25, -0.2) is 0 Å². The van der Waals surface area contributed by atoms with E-state index in [1.54, 1.807) is 0 Å². The quantitative estimate of drug-likeness (QED) is 0.527. The number of hydrogen-bond acceptors (Lipinski definition) is 8. The highest BCUT2D eigenvalue weighted by atomic mass is 32.1. The molecule has 1 heterocycles. The van der Waals surface area contributed by atoms with Gasteiger partial charge in [0.2, 0.25) is 5.13 Å². The summed E-state index contributed by atoms with van der Waals surface area (Å²) in [5.41, 5.74) is 0.531. The van der Waals surface area contributed by atoms with E-state index < -0.39 is 9.85 Å². The fourth-order valence-corrected chi connectivity index (χ4v) is 2.92. The van der Waals surface area contributed by atoms with Gasteiger partial charge in [-0.3, -0.25) is 20.2 Å². The first-order chi connectivity index (χ1) is 12.0. The Kier molecular flexibility index (Phi) is 4.61. The molecule has 0 aliphatic heterocycles. The number of non-ortho nitro benzene ring substituents is 1. The summed E-state index contributed by atoms with van der Waals surface area (Å²) in [6.07, 6.45) is 0. The van der Waals surface area contributed by atoms with Crippen LogP contribution in [-0.2, 0) is 6.54 Å². The lowest BCUT2D eigenvalue weighted by Gasteiger charge is -2.01. The summed E-state index contributed by atoms with van der Waals surface area (Å²) in [5, 5.41) is 33.8. The fraction of sp³-hybridized carbons (Fsp3) is 0.0667. The minimum atomic E-state index is -0.677. The van der Waals surface area contributed by atoms with Crippen LogP contribution in [0.1, 0.15) is 5.56 Å². The second kappa shape index (κ2) is 7.01. The molecule has 0 fully saturated rings. The summed E-state index contributed by atoms with van der Waals surface area (Å²) in [4.78, 5) is 20.7. The highest BCUT2D eigenvalue weighted by Crippen LogP contribution is 2.35. The van der Waals surface area contributed by atoms with Crippen LogP contribution >= 0.6 is 11.3 Å². The monoisotopic (exact) mass is 357 g/mol. The predicted octanol–water partition coefficient (Wildman–Crippen LogP) is 3.63. The van der Waals surface area contributed by atoms with E-state index in [0.29, 0.717) is 16.7 Å². The van der Waals surface area contributed by atoms with Crippen LogP contribution in [0.5, 0.6) is 0 Å². The molecule has 0 radical (unpaired) electrons. The number of benzene rings is 2. The Hall–Kier alpha value is -3.40. The van der Waals surface area contributed by atoms with Crippen LogP contribution < -0.4 is 5.32 Å². The normalized spacial score (nSPS) is 10.4. The molecule has 25 heavy (non-hydrogen) atoms. The number of nitrogens with zero attached hydrogens (tertiary/aromatic N) is 4. The number of anilines is 1. The van der Waals surface area contributed by atoms with E-state index in [-0.39, 0.29) is 16.9 Å². The molecule has 0 aliphatic rings. The molecule has 0 bridgehead atoms. The first-order valence-corrected chi connectivity index (χ1v) is 7.91. The lowest BCUT2D eigenvalue weighted by Crippen LogP contribution is -1.98. The second-order valence-corrected chi connectivity index (χ2v) is 5.94. The van der Waals surface area contributed by atoms with Crippen molar-refractivity contribution in [1.82, 2.24) is 10.2 Å². The molecule has 0 aliphatic carbocycles. The minimum absolute atomic E-state index is 0.195. The Labute approximate surface area is 145 Å². The van der Waals surface area contributed by atoms with E-state index in [2.05, 4.69) is 15.5 Å². The van der Waals surface area contributed by atoms with Gasteiger partial charge < -0.3 is 5.32 Å². The van der Waals surface area contributed by atoms with Crippen molar-refractivity contribution in [2.45, 2.75) is 6.54 Å². The van der Waals surface area contributed by atoms with Crippen molar-refractivity contribution in [3.05, 3.63) is 74.3 Å². The molecule has 0 saturated heterocycles. The molecule has 0 amide bonds. The standard InChI is InChI=1S/C15H11N5O4S/c21-19(22)11-6-7-12(13(8-11)20(23)24)14-17-18-15(25-14)16-9-10-4-2-1-3-5-10/h1-8H,9H2,(H,16,18). The maximum absolute atomic E-state index is 11.2. The summed E-state index contributed by atoms with van der Waals surface area (Å²) in [5.74, 6) is 0. The zero-order valence-electron chi connectivity index (χ0n) is 12.7. The summed E-state index contributed by atoms with van der Waals surface area (Å²) in [6.45, 7) is 0.540. The van der Waals surface area contributed by atoms with Gasteiger partial charge in [0, 0.05) is 12.6 Å². The van der Waals surface area contributed by atoms with E-state index in [0.717, 1.165) is 23.0 Å². The SMILES string of the molecule is O=[N+]([O-])c1ccc(-c2nnc(NCc3ccccc3)s2)c([N+](=O)[O-])c1. The maximum Gasteiger partial charge on any atom is 0.286 e. The van der Waals surface area contributed by atoms with Crippen molar-refractivity contribution in [3.63, 3.8) is 0 Å². The summed E-state index contributed by atoms with van der Waals surface area (Å²) >= 11 is 1.14. The average molecular weight is 357 g/mol. The number of hydrogen-bond donors (Lipinski definition) is 1. The van der Waals surface area contributed by atoms with Gasteiger partial charge in [-0.1, -0.05) is 41.7 Å². The van der Waals surface area contributed by atoms with Crippen molar-refractivity contribution in [3.8, 4) is 10.6 Å². The molecule has 1 aromatic heterocycles. The van der Waals surface area contributed by atoms with Crippen LogP contribution in [0.3, 0.4) is 0 Å². The Balaban J connectivity index is 1.84. The first-order valence-electron chi connectivity index (χ1n) is 7.09. The van der Waals surface area contributed by atoms with Gasteiger partial charge in [-0.2, -0.15) is 0 Å². The zero-order chi connectivity index (χ0) is 17.8. The molecule has 3 rings (SSSR count). The molecule has 3 aromatic rings. The van der Waals surface area contributed by atoms with Gasteiger partial charge in [-0.05, 0) is 11.6 Å². The molecule has 0 saturated carbocycles. The van der Waals surface area contributed by atoms with Crippen LogP contribution in [-0.4, -0.2) is 20.0 Å². The Morgan fingerprint density at radius 1 is 1.00 bits per heavy atom. The molecule has 1 N–H and O–H groups in total. The van der Waals surface area contributed by atoms with Crippen LogP contribution in [0, 0.1) is 20.2 Å². The van der Waals surface area contributed by atoms with Gasteiger partial charge in [0.25, 0.3) is 11.4 Å². The summed E-state index contributed by atoms with van der Waals surface area (Å²) in [7, 11) is 0. The third kappa shape index (κ3) is 3.75. The molecule has 2 aromatic carbocycles. The van der Waals surface area contributed by atoms with Gasteiger partial charge in [-0.15, -0.1) is 10.2 Å². The van der Waals surface area contributed by atoms with Gasteiger partial charge in [0.1, 0.15) is 0 Å². The van der Waals surface area contributed by atoms with E-state index in [9.17, 15) is 20.2 Å². The number of nitro benzene ring substituents is 2. The van der Waals surface area contributed by atoms with Crippen LogP contribution in [0.25, 0.3) is 10.6 Å². The van der Waals surface area contributed by atoms with Gasteiger partial charge in [0.05, 0.1) is 21.5 Å². The lowest BCUT2D eigenvalue weighted by atomic mass is 10.1. The topological polar surface area (TPSA) is 124 Å². The van der Waals surface area contributed by atoms with Crippen LogP contribution in [0.4, 0.5) is 16.5 Å². The Morgan fingerprint density at radius 3 is 2.44 bits per heavy atom. The highest BCUT2D eigenvalue weighted by molar-refractivity contribution is 7.18. The molecule has 0 atom stereocenters. The largest absolute Gasteiger partial charge is 0.356 e. The maximum atomic E-state index is 11.2. The highest BCUT2D eigenvalue weighted by Gasteiger charge is 2.23. The molecule has 0 spiro atoms. The van der Waals surface area contributed by atoms with Crippen molar-refractivity contribution >= 4 is 27.8 Å². The third-order valence-corrected chi connectivity index (χ3v) is 4.25. The zero-order valence-corrected chi connectivity index (χ0v) is 13.5. The van der Waals surface area contributed by atoms with Crippen molar-refractivity contribution < 1.29 is 9.85 Å². The predicted molar refractivity (Wildman–Crippen MR) is 92.4 cm³/mol. The Morgan fingerprint density at radius 2 is 1.76 bits per heavy atom. The minimum Gasteiger partial charge on any atom is -0.356 e. The first kappa shape index (κ1) is 16.5. The molecular formula is C15H11N5O4S. The second-order valence-electron chi connectivity index (χ2n) is 4.97. The fourth-order valence-electron chi connectivity index (χ4n) is 2.14. The number of rotatable bonds is 6. The molecule has 9 nitrogen and oxygen atoms in total. The lowest BCUT2D eigenvalue weighted by molar-refractivity contribution is -0.393. The Bertz CT molecular complexity index is 929. The molecular weight excluding hydrogens is 346 g/mol. The van der Waals surface area contributed by atoms with Crippen molar-refractivity contribution in [2.75, 3.05) is 5.32 Å². The van der Waals surface area contributed by atoms with E-state index in [1.807, 2.05) is 30.3 Å².